The summed E-state index contributed by atoms with van der Waals surface area (Å²) in [6.45, 7) is 3.82. The van der Waals surface area contributed by atoms with Gasteiger partial charge in [-0.1, -0.05) is 59.9 Å². The highest BCUT2D eigenvalue weighted by Gasteiger charge is 2.23. The van der Waals surface area contributed by atoms with Gasteiger partial charge in [-0.15, -0.1) is 10.2 Å². The molecule has 0 radical (unpaired) electrons. The Labute approximate surface area is 206 Å². The van der Waals surface area contributed by atoms with Crippen LogP contribution in [0.4, 0.5) is 20.0 Å². The Morgan fingerprint density at radius 3 is 2.26 bits per heavy atom. The van der Waals surface area contributed by atoms with E-state index in [9.17, 15) is 14.0 Å². The molecule has 7 nitrogen and oxygen atoms in total. The lowest BCUT2D eigenvalue weighted by molar-refractivity contribution is -0.117. The maximum absolute atomic E-state index is 13.2. The van der Waals surface area contributed by atoms with Gasteiger partial charge in [0.2, 0.25) is 11.0 Å². The summed E-state index contributed by atoms with van der Waals surface area (Å²) in [7, 11) is 0. The number of nitrogens with zero attached hydrogens (tertiary/aromatic N) is 2. The van der Waals surface area contributed by atoms with E-state index in [1.54, 1.807) is 12.1 Å². The van der Waals surface area contributed by atoms with Gasteiger partial charge in [0.1, 0.15) is 16.9 Å². The van der Waals surface area contributed by atoms with Crippen LogP contribution in [-0.2, 0) is 11.2 Å². The summed E-state index contributed by atoms with van der Waals surface area (Å²) >= 11 is 1.16. The van der Waals surface area contributed by atoms with Gasteiger partial charge < -0.3 is 10.6 Å². The summed E-state index contributed by atoms with van der Waals surface area (Å²) in [5.41, 5.74) is 4.13. The highest BCUT2D eigenvalue weighted by Crippen LogP contribution is 2.26. The summed E-state index contributed by atoms with van der Waals surface area (Å²) in [5, 5.41) is 17.3. The summed E-state index contributed by atoms with van der Waals surface area (Å²) in [4.78, 5) is 26.0. The first kappa shape index (κ1) is 24.0. The second-order valence-electron chi connectivity index (χ2n) is 8.02. The largest absolute Gasteiger partial charge is 0.326 e. The fraction of sp³-hybridized carbons (Fsp3) is 0.154. The van der Waals surface area contributed by atoms with Crippen molar-refractivity contribution in [1.29, 1.82) is 0 Å². The molecule has 3 amide bonds. The zero-order valence-electron chi connectivity index (χ0n) is 19.2. The number of nitrogens with one attached hydrogen (secondary N) is 3. The van der Waals surface area contributed by atoms with Crippen LogP contribution < -0.4 is 16.0 Å². The van der Waals surface area contributed by atoms with Gasteiger partial charge in [0.25, 0.3) is 0 Å². The van der Waals surface area contributed by atoms with E-state index in [0.717, 1.165) is 28.0 Å². The molecule has 0 saturated carbocycles. The average Bonchev–Trinajstić information content (AvgIpc) is 3.30. The number of carbonyl (C=O) groups excluding carboxylic acids is 2. The molecule has 9 heteroatoms. The predicted octanol–water partition coefficient (Wildman–Crippen LogP) is 5.33. The smallest absolute Gasteiger partial charge is 0.319 e. The maximum Gasteiger partial charge on any atom is 0.319 e. The fourth-order valence-electron chi connectivity index (χ4n) is 3.55. The van der Waals surface area contributed by atoms with Crippen molar-refractivity contribution >= 4 is 34.1 Å². The lowest BCUT2D eigenvalue weighted by atomic mass is 10.1. The third kappa shape index (κ3) is 6.27. The van der Waals surface area contributed by atoms with E-state index in [1.807, 2.05) is 62.4 Å². The number of anilines is 2. The number of urea groups is 1. The van der Waals surface area contributed by atoms with E-state index < -0.39 is 18.0 Å². The van der Waals surface area contributed by atoms with E-state index in [-0.39, 0.29) is 17.4 Å². The van der Waals surface area contributed by atoms with Gasteiger partial charge >= 0.3 is 6.03 Å². The summed E-state index contributed by atoms with van der Waals surface area (Å²) < 4.78 is 13.2. The third-order valence-corrected chi connectivity index (χ3v) is 6.26. The molecule has 0 fully saturated rings. The van der Waals surface area contributed by atoms with Gasteiger partial charge in [0, 0.05) is 17.7 Å². The molecule has 0 saturated heterocycles. The van der Waals surface area contributed by atoms with Crippen LogP contribution in [0.2, 0.25) is 0 Å². The number of halogens is 1. The SMILES string of the molecule is Cc1cccc(C)c1NC(=O)N[C@H](Cc1ccccc1)C(=O)Nc1nnc(-c2ccc(F)cc2)s1. The first-order chi connectivity index (χ1) is 16.9. The predicted molar refractivity (Wildman–Crippen MR) is 136 cm³/mol. The topological polar surface area (TPSA) is 96.0 Å². The molecule has 4 aromatic rings. The van der Waals surface area contributed by atoms with E-state index in [2.05, 4.69) is 26.1 Å². The molecule has 4 rings (SSSR count). The lowest BCUT2D eigenvalue weighted by Gasteiger charge is -2.19. The molecule has 0 aliphatic heterocycles. The molecule has 3 aromatic carbocycles. The van der Waals surface area contributed by atoms with Crippen LogP contribution in [0.5, 0.6) is 0 Å². The first-order valence-corrected chi connectivity index (χ1v) is 11.8. The highest BCUT2D eigenvalue weighted by atomic mass is 32.1. The zero-order valence-corrected chi connectivity index (χ0v) is 20.0. The Morgan fingerprint density at radius 1 is 0.886 bits per heavy atom. The molecule has 1 aromatic heterocycles. The minimum absolute atomic E-state index is 0.282. The number of rotatable bonds is 7. The fourth-order valence-corrected chi connectivity index (χ4v) is 4.31. The molecule has 35 heavy (non-hydrogen) atoms. The van der Waals surface area contributed by atoms with Crippen molar-refractivity contribution in [1.82, 2.24) is 15.5 Å². The number of para-hydroxylation sites is 1. The lowest BCUT2D eigenvalue weighted by Crippen LogP contribution is -2.47. The first-order valence-electron chi connectivity index (χ1n) is 11.0. The van der Waals surface area contributed by atoms with Crippen molar-refractivity contribution in [2.75, 3.05) is 10.6 Å². The number of hydrogen-bond acceptors (Lipinski definition) is 5. The second-order valence-corrected chi connectivity index (χ2v) is 8.99. The van der Waals surface area contributed by atoms with Gasteiger partial charge in [-0.3, -0.25) is 10.1 Å². The minimum Gasteiger partial charge on any atom is -0.326 e. The molecule has 1 atom stereocenters. The molecule has 3 N–H and O–H groups in total. The van der Waals surface area contributed by atoms with Crippen LogP contribution in [0.1, 0.15) is 16.7 Å². The number of hydrogen-bond donors (Lipinski definition) is 3. The number of aromatic nitrogens is 2. The number of benzene rings is 3. The van der Waals surface area contributed by atoms with E-state index >= 15 is 0 Å². The molecular formula is C26H24FN5O2S. The van der Waals surface area contributed by atoms with Gasteiger partial charge in [0.05, 0.1) is 0 Å². The Bertz CT molecular complexity index is 1310. The molecule has 0 aliphatic rings. The second kappa shape index (κ2) is 10.9. The van der Waals surface area contributed by atoms with Crippen LogP contribution >= 0.6 is 11.3 Å². The Kier molecular flexibility index (Phi) is 7.47. The highest BCUT2D eigenvalue weighted by molar-refractivity contribution is 7.18. The quantitative estimate of drug-likeness (QED) is 0.327. The van der Waals surface area contributed by atoms with E-state index in [4.69, 9.17) is 0 Å². The molecule has 0 bridgehead atoms. The molecule has 0 unspecified atom stereocenters. The van der Waals surface area contributed by atoms with Crippen LogP contribution in [-0.4, -0.2) is 28.2 Å². The minimum atomic E-state index is -0.861. The van der Waals surface area contributed by atoms with Crippen molar-refractivity contribution in [3.8, 4) is 10.6 Å². The summed E-state index contributed by atoms with van der Waals surface area (Å²) in [5.74, 6) is -0.770. The van der Waals surface area contributed by atoms with Crippen LogP contribution in [0, 0.1) is 19.7 Å². The number of amides is 3. The van der Waals surface area contributed by atoms with Crippen LogP contribution in [0.3, 0.4) is 0 Å². The molecular weight excluding hydrogens is 465 g/mol. The van der Waals surface area contributed by atoms with E-state index in [0.29, 0.717) is 16.3 Å². The van der Waals surface area contributed by atoms with Crippen molar-refractivity contribution in [3.05, 3.63) is 95.3 Å². The van der Waals surface area contributed by atoms with Gasteiger partial charge in [-0.05, 0) is 54.8 Å². The molecule has 0 aliphatic carbocycles. The number of aryl methyl sites for hydroxylation is 2. The Balaban J connectivity index is 1.49. The van der Waals surface area contributed by atoms with Crippen LogP contribution in [0.15, 0.2) is 72.8 Å². The maximum atomic E-state index is 13.2. The standard InChI is InChI=1S/C26H24FN5O2S/c1-16-7-6-8-17(2)22(16)29-25(34)28-21(15-18-9-4-3-5-10-18)23(33)30-26-32-31-24(35-26)19-11-13-20(27)14-12-19/h3-14,21H,15H2,1-2H3,(H2,28,29,34)(H,30,32,33)/t21-/m1/s1. The Hall–Kier alpha value is -4.11. The third-order valence-electron chi connectivity index (χ3n) is 5.37. The molecule has 0 spiro atoms. The van der Waals surface area contributed by atoms with Gasteiger partial charge in [-0.25, -0.2) is 9.18 Å². The Morgan fingerprint density at radius 2 is 1.57 bits per heavy atom. The van der Waals surface area contributed by atoms with Gasteiger partial charge in [-0.2, -0.15) is 0 Å². The van der Waals surface area contributed by atoms with E-state index in [1.165, 1.54) is 12.1 Å². The van der Waals surface area contributed by atoms with Gasteiger partial charge in [0.15, 0.2) is 0 Å². The summed E-state index contributed by atoms with van der Waals surface area (Å²) in [6.07, 6.45) is 0.288. The zero-order chi connectivity index (χ0) is 24.8. The van der Waals surface area contributed by atoms with Crippen molar-refractivity contribution in [2.24, 2.45) is 0 Å². The summed E-state index contributed by atoms with van der Waals surface area (Å²) in [6, 6.07) is 19.7. The number of carbonyl (C=O) groups is 2. The van der Waals surface area contributed by atoms with Crippen LogP contribution in [0.25, 0.3) is 10.6 Å². The molecule has 1 heterocycles. The molecule has 178 valence electrons. The monoisotopic (exact) mass is 489 g/mol. The normalized spacial score (nSPS) is 11.5. The van der Waals surface area contributed by atoms with Crippen molar-refractivity contribution in [2.45, 2.75) is 26.3 Å². The average molecular weight is 490 g/mol. The van der Waals surface area contributed by atoms with Crippen molar-refractivity contribution in [3.63, 3.8) is 0 Å². The van der Waals surface area contributed by atoms with Crippen molar-refractivity contribution < 1.29 is 14.0 Å².